The first-order valence-electron chi connectivity index (χ1n) is 6.66. The minimum absolute atomic E-state index is 0.0686. The maximum absolute atomic E-state index is 12.0. The number of hydrogen-bond donors (Lipinski definition) is 1. The van der Waals surface area contributed by atoms with Gasteiger partial charge in [-0.1, -0.05) is 29.8 Å². The molecule has 6 heteroatoms. The van der Waals surface area contributed by atoms with Crippen LogP contribution in [0.3, 0.4) is 0 Å². The van der Waals surface area contributed by atoms with E-state index in [-0.39, 0.29) is 12.5 Å². The number of nitrogens with zero attached hydrogens (tertiary/aromatic N) is 1. The summed E-state index contributed by atoms with van der Waals surface area (Å²) in [7, 11) is 0. The summed E-state index contributed by atoms with van der Waals surface area (Å²) < 4.78 is 5.20. The molecule has 0 saturated carbocycles. The van der Waals surface area contributed by atoms with Crippen molar-refractivity contribution in [1.82, 2.24) is 10.3 Å². The highest BCUT2D eigenvalue weighted by molar-refractivity contribution is 6.30. The fourth-order valence-corrected chi connectivity index (χ4v) is 1.91. The Morgan fingerprint density at radius 3 is 2.59 bits per heavy atom. The lowest BCUT2D eigenvalue weighted by Gasteiger charge is -2.07. The van der Waals surface area contributed by atoms with Gasteiger partial charge in [0.05, 0.1) is 5.56 Å². The maximum Gasteiger partial charge on any atom is 0.338 e. The summed E-state index contributed by atoms with van der Waals surface area (Å²) in [6.45, 7) is 1.95. The van der Waals surface area contributed by atoms with E-state index < -0.39 is 5.97 Å². The lowest BCUT2D eigenvalue weighted by Crippen LogP contribution is -2.18. The van der Waals surface area contributed by atoms with Crippen molar-refractivity contribution >= 4 is 23.5 Å². The molecule has 0 radical (unpaired) electrons. The van der Waals surface area contributed by atoms with Gasteiger partial charge in [-0.2, -0.15) is 0 Å². The molecule has 0 spiro atoms. The van der Waals surface area contributed by atoms with Gasteiger partial charge in [0.25, 0.3) is 0 Å². The van der Waals surface area contributed by atoms with Crippen LogP contribution in [0.25, 0.3) is 0 Å². The first-order chi connectivity index (χ1) is 10.6. The van der Waals surface area contributed by atoms with Gasteiger partial charge in [0, 0.05) is 25.2 Å². The molecule has 0 aliphatic heterocycles. The smallest absolute Gasteiger partial charge is 0.338 e. The molecule has 0 saturated heterocycles. The number of nitrogens with one attached hydrogen (secondary N) is 1. The highest BCUT2D eigenvalue weighted by Gasteiger charge is 2.09. The second kappa shape index (κ2) is 7.56. The van der Waals surface area contributed by atoms with Crippen molar-refractivity contribution in [2.45, 2.75) is 20.1 Å². The van der Waals surface area contributed by atoms with Crippen LogP contribution in [0, 0.1) is 0 Å². The Bertz CT molecular complexity index is 671. The average Bonchev–Trinajstić information content (AvgIpc) is 2.52. The minimum atomic E-state index is -0.439. The first kappa shape index (κ1) is 16.0. The third-order valence-corrected chi connectivity index (χ3v) is 3.27. The summed E-state index contributed by atoms with van der Waals surface area (Å²) in [5.74, 6) is -0.539. The number of carbonyl (C=O) groups excluding carboxylic acids is 2. The minimum Gasteiger partial charge on any atom is -0.457 e. The highest BCUT2D eigenvalue weighted by atomic mass is 35.5. The van der Waals surface area contributed by atoms with E-state index >= 15 is 0 Å². The number of amides is 1. The molecule has 1 heterocycles. The number of pyridine rings is 1. The number of benzene rings is 1. The molecular formula is C16H15ClN2O3. The molecule has 114 valence electrons. The molecule has 0 bridgehead atoms. The van der Waals surface area contributed by atoms with Crippen LogP contribution in [-0.2, 0) is 22.7 Å². The van der Waals surface area contributed by atoms with E-state index in [1.54, 1.807) is 42.6 Å². The third-order valence-electron chi connectivity index (χ3n) is 2.93. The van der Waals surface area contributed by atoms with Gasteiger partial charge in [-0.25, -0.2) is 9.78 Å². The van der Waals surface area contributed by atoms with Gasteiger partial charge < -0.3 is 10.1 Å². The Morgan fingerprint density at radius 2 is 1.95 bits per heavy atom. The van der Waals surface area contributed by atoms with Crippen molar-refractivity contribution in [2.75, 3.05) is 0 Å². The summed E-state index contributed by atoms with van der Waals surface area (Å²) >= 11 is 5.90. The van der Waals surface area contributed by atoms with Gasteiger partial charge >= 0.3 is 5.97 Å². The summed E-state index contributed by atoms with van der Waals surface area (Å²) in [6, 6.07) is 10.3. The molecule has 0 atom stereocenters. The van der Waals surface area contributed by atoms with Crippen LogP contribution < -0.4 is 5.32 Å². The Labute approximate surface area is 133 Å². The zero-order valence-electron chi connectivity index (χ0n) is 12.0. The molecule has 1 aromatic carbocycles. The number of carbonyl (C=O) groups is 2. The van der Waals surface area contributed by atoms with Crippen LogP contribution >= 0.6 is 11.6 Å². The van der Waals surface area contributed by atoms with Gasteiger partial charge in [-0.05, 0) is 23.8 Å². The third kappa shape index (κ3) is 4.56. The summed E-state index contributed by atoms with van der Waals surface area (Å²) in [4.78, 5) is 26.7. The molecule has 1 amide bonds. The number of halogens is 1. The average molecular weight is 319 g/mol. The van der Waals surface area contributed by atoms with E-state index in [9.17, 15) is 9.59 Å². The number of ether oxygens (including phenoxy) is 1. The molecule has 1 aromatic heterocycles. The molecule has 0 fully saturated rings. The van der Waals surface area contributed by atoms with Crippen LogP contribution in [0.1, 0.15) is 28.4 Å². The lowest BCUT2D eigenvalue weighted by molar-refractivity contribution is -0.119. The van der Waals surface area contributed by atoms with Crippen molar-refractivity contribution in [3.8, 4) is 0 Å². The molecule has 2 rings (SSSR count). The van der Waals surface area contributed by atoms with Crippen LogP contribution in [0.5, 0.6) is 0 Å². The van der Waals surface area contributed by atoms with Crippen molar-refractivity contribution in [3.05, 3.63) is 64.4 Å². The Morgan fingerprint density at radius 1 is 1.23 bits per heavy atom. The van der Waals surface area contributed by atoms with E-state index in [0.717, 1.165) is 5.56 Å². The Kier molecular flexibility index (Phi) is 5.49. The Balaban J connectivity index is 1.92. The van der Waals surface area contributed by atoms with Crippen molar-refractivity contribution in [1.29, 1.82) is 0 Å². The summed E-state index contributed by atoms with van der Waals surface area (Å²) in [5, 5.41) is 3.01. The molecule has 0 unspecified atom stereocenters. The van der Waals surface area contributed by atoms with E-state index in [4.69, 9.17) is 16.3 Å². The van der Waals surface area contributed by atoms with Crippen molar-refractivity contribution in [2.24, 2.45) is 0 Å². The van der Waals surface area contributed by atoms with Gasteiger partial charge in [0.15, 0.2) is 0 Å². The van der Waals surface area contributed by atoms with Crippen LogP contribution in [0.4, 0.5) is 0 Å². The summed E-state index contributed by atoms with van der Waals surface area (Å²) in [6.07, 6.45) is 1.57. The monoisotopic (exact) mass is 318 g/mol. The molecule has 2 aromatic rings. The molecular weight excluding hydrogens is 304 g/mol. The Hall–Kier alpha value is -2.40. The number of rotatable bonds is 5. The van der Waals surface area contributed by atoms with Crippen LogP contribution in [-0.4, -0.2) is 16.9 Å². The lowest BCUT2D eigenvalue weighted by atomic mass is 10.1. The number of esters is 1. The van der Waals surface area contributed by atoms with Gasteiger partial charge in [0.1, 0.15) is 11.8 Å². The fourth-order valence-electron chi connectivity index (χ4n) is 1.74. The maximum atomic E-state index is 12.0. The van der Waals surface area contributed by atoms with Crippen molar-refractivity contribution in [3.63, 3.8) is 0 Å². The van der Waals surface area contributed by atoms with E-state index in [0.29, 0.717) is 22.8 Å². The van der Waals surface area contributed by atoms with Gasteiger partial charge in [-0.3, -0.25) is 4.79 Å². The normalized spacial score (nSPS) is 10.1. The number of hydrogen-bond acceptors (Lipinski definition) is 4. The van der Waals surface area contributed by atoms with Crippen molar-refractivity contribution < 1.29 is 14.3 Å². The molecule has 5 nitrogen and oxygen atoms in total. The van der Waals surface area contributed by atoms with E-state index in [1.807, 2.05) is 0 Å². The molecule has 0 aliphatic rings. The van der Waals surface area contributed by atoms with Gasteiger partial charge in [0.2, 0.25) is 5.91 Å². The van der Waals surface area contributed by atoms with Gasteiger partial charge in [-0.15, -0.1) is 0 Å². The zero-order chi connectivity index (χ0) is 15.9. The zero-order valence-corrected chi connectivity index (χ0v) is 12.8. The topological polar surface area (TPSA) is 68.3 Å². The highest BCUT2D eigenvalue weighted by Crippen LogP contribution is 2.14. The second-order valence-electron chi connectivity index (χ2n) is 4.64. The first-order valence-corrected chi connectivity index (χ1v) is 7.04. The fraction of sp³-hybridized carbons (Fsp3) is 0.188. The van der Waals surface area contributed by atoms with Crippen LogP contribution in [0.2, 0.25) is 5.15 Å². The predicted octanol–water partition coefficient (Wildman–Crippen LogP) is 2.73. The van der Waals surface area contributed by atoms with Crippen LogP contribution in [0.15, 0.2) is 42.6 Å². The standard InChI is InChI=1S/C16H15ClN2O3/c1-11(20)19-9-12-4-6-13(7-5-12)16(21)22-10-14-3-2-8-18-15(14)17/h2-8H,9-10H2,1H3,(H,19,20). The SMILES string of the molecule is CC(=O)NCc1ccc(C(=O)OCc2cccnc2Cl)cc1. The van der Waals surface area contributed by atoms with E-state index in [2.05, 4.69) is 10.3 Å². The molecule has 1 N–H and O–H groups in total. The largest absolute Gasteiger partial charge is 0.457 e. The molecule has 22 heavy (non-hydrogen) atoms. The second-order valence-corrected chi connectivity index (χ2v) is 4.99. The summed E-state index contributed by atoms with van der Waals surface area (Å²) in [5.41, 5.74) is 1.99. The predicted molar refractivity (Wildman–Crippen MR) is 82.3 cm³/mol. The molecule has 0 aliphatic carbocycles. The number of aromatic nitrogens is 1. The van der Waals surface area contributed by atoms with E-state index in [1.165, 1.54) is 6.92 Å². The quantitative estimate of drug-likeness (QED) is 0.680.